The summed E-state index contributed by atoms with van der Waals surface area (Å²) >= 11 is 1.65. The van der Waals surface area contributed by atoms with Crippen LogP contribution in [-0.4, -0.2) is 42.3 Å². The number of nitrogens with one attached hydrogen (secondary N) is 1. The molecule has 1 fully saturated rings. The minimum Gasteiger partial charge on any atom is -0.462 e. The zero-order valence-corrected chi connectivity index (χ0v) is 20.8. The minimum absolute atomic E-state index is 0.0140. The van der Waals surface area contributed by atoms with Gasteiger partial charge in [0.1, 0.15) is 16.6 Å². The third-order valence-corrected chi connectivity index (χ3v) is 7.76. The molecule has 3 heterocycles. The fourth-order valence-electron chi connectivity index (χ4n) is 4.78. The lowest BCUT2D eigenvalue weighted by Crippen LogP contribution is -2.32. The molecule has 0 spiro atoms. The number of aryl methyl sites for hydroxylation is 2. The highest BCUT2D eigenvalue weighted by molar-refractivity contribution is 7.15. The fourth-order valence-corrected chi connectivity index (χ4v) is 6.27. The first-order chi connectivity index (χ1) is 16.4. The summed E-state index contributed by atoms with van der Waals surface area (Å²) in [5.41, 5.74) is 4.41. The molecule has 7 nitrogen and oxygen atoms in total. The predicted molar refractivity (Wildman–Crippen MR) is 131 cm³/mol. The molecule has 2 aliphatic rings. The van der Waals surface area contributed by atoms with E-state index >= 15 is 0 Å². The van der Waals surface area contributed by atoms with Crippen LogP contribution >= 0.6 is 11.3 Å². The van der Waals surface area contributed by atoms with Crippen LogP contribution in [0.4, 0.5) is 0 Å². The van der Waals surface area contributed by atoms with Gasteiger partial charge in [-0.3, -0.25) is 4.79 Å². The summed E-state index contributed by atoms with van der Waals surface area (Å²) in [6.45, 7) is 7.19. The molecular weight excluding hydrogens is 450 g/mol. The van der Waals surface area contributed by atoms with Crippen molar-refractivity contribution in [1.29, 1.82) is 5.26 Å². The Balaban J connectivity index is 1.67. The lowest BCUT2D eigenvalue weighted by molar-refractivity contribution is -0.117. The zero-order valence-electron chi connectivity index (χ0n) is 20.0. The van der Waals surface area contributed by atoms with Crippen molar-refractivity contribution in [3.8, 4) is 11.1 Å². The summed E-state index contributed by atoms with van der Waals surface area (Å²) in [5.74, 6) is -0.686. The van der Waals surface area contributed by atoms with Crippen molar-refractivity contribution in [1.82, 2.24) is 9.88 Å². The van der Waals surface area contributed by atoms with Crippen LogP contribution in [0.2, 0.25) is 0 Å². The van der Waals surface area contributed by atoms with Gasteiger partial charge in [-0.25, -0.2) is 4.79 Å². The number of aromatic nitrogens is 1. The molecule has 4 rings (SSSR count). The summed E-state index contributed by atoms with van der Waals surface area (Å²) in [4.78, 5) is 26.8. The number of fused-ring (bicyclic) bond motifs is 1. The zero-order chi connectivity index (χ0) is 24.2. The van der Waals surface area contributed by atoms with Crippen LogP contribution in [0, 0.1) is 25.2 Å². The number of nitriles is 1. The Bertz CT molecular complexity index is 1160. The number of esters is 1. The van der Waals surface area contributed by atoms with Gasteiger partial charge in [-0.15, -0.1) is 11.3 Å². The van der Waals surface area contributed by atoms with Crippen molar-refractivity contribution in [3.63, 3.8) is 0 Å². The average Bonchev–Trinajstić information content (AvgIpc) is 3.53. The molecule has 1 N–H and O–H groups in total. The highest BCUT2D eigenvalue weighted by Crippen LogP contribution is 2.39. The molecule has 34 heavy (non-hydrogen) atoms. The Kier molecular flexibility index (Phi) is 7.54. The number of hydrogen-bond acceptors (Lipinski definition) is 6. The minimum atomic E-state index is -0.401. The van der Waals surface area contributed by atoms with Crippen LogP contribution in [0.15, 0.2) is 11.6 Å². The van der Waals surface area contributed by atoms with E-state index in [0.29, 0.717) is 25.3 Å². The molecule has 0 radical (unpaired) electrons. The molecular formula is C26H31N3O4S. The molecule has 1 atom stereocenters. The molecule has 0 bridgehead atoms. The molecule has 180 valence electrons. The molecule has 1 aliphatic heterocycles. The van der Waals surface area contributed by atoms with E-state index in [1.807, 2.05) is 32.9 Å². The molecule has 1 saturated heterocycles. The second kappa shape index (κ2) is 10.6. The maximum Gasteiger partial charge on any atom is 0.341 e. The summed E-state index contributed by atoms with van der Waals surface area (Å²) in [6.07, 6.45) is 7.60. The Morgan fingerprint density at radius 3 is 2.82 bits per heavy atom. The van der Waals surface area contributed by atoms with Gasteiger partial charge < -0.3 is 19.4 Å². The monoisotopic (exact) mass is 481 g/mol. The number of ether oxygens (including phenoxy) is 2. The van der Waals surface area contributed by atoms with E-state index in [1.165, 1.54) is 4.88 Å². The molecule has 8 heteroatoms. The molecule has 2 aromatic rings. The van der Waals surface area contributed by atoms with Crippen LogP contribution < -0.4 is 5.32 Å². The number of carbonyl (C=O) groups excluding carboxylic acids is 2. The van der Waals surface area contributed by atoms with Gasteiger partial charge in [-0.2, -0.15) is 5.26 Å². The lowest BCUT2D eigenvalue weighted by atomic mass is 9.95. The highest BCUT2D eigenvalue weighted by atomic mass is 32.1. The number of thiophene rings is 1. The number of carbonyl (C=O) groups is 2. The van der Waals surface area contributed by atoms with Crippen molar-refractivity contribution in [2.24, 2.45) is 0 Å². The van der Waals surface area contributed by atoms with Gasteiger partial charge in [0, 0.05) is 29.4 Å². The summed E-state index contributed by atoms with van der Waals surface area (Å²) in [6, 6.07) is 3.99. The van der Waals surface area contributed by atoms with E-state index in [2.05, 4.69) is 9.88 Å². The van der Waals surface area contributed by atoms with Crippen LogP contribution in [-0.2, 0) is 27.1 Å². The quantitative estimate of drug-likeness (QED) is 0.359. The predicted octanol–water partition coefficient (Wildman–Crippen LogP) is 4.41. The van der Waals surface area contributed by atoms with E-state index in [-0.39, 0.29) is 17.6 Å². The van der Waals surface area contributed by atoms with Gasteiger partial charge in [0.15, 0.2) is 0 Å². The summed E-state index contributed by atoms with van der Waals surface area (Å²) in [5, 5.41) is 13.3. The number of amides is 1. The van der Waals surface area contributed by atoms with E-state index < -0.39 is 5.91 Å². The maximum absolute atomic E-state index is 12.9. The van der Waals surface area contributed by atoms with E-state index in [1.54, 1.807) is 17.4 Å². The first-order valence-electron chi connectivity index (χ1n) is 12.0. The smallest absolute Gasteiger partial charge is 0.341 e. The first-order valence-corrected chi connectivity index (χ1v) is 12.8. The Hall–Kier alpha value is -2.89. The molecule has 0 aromatic carbocycles. The van der Waals surface area contributed by atoms with Crippen molar-refractivity contribution in [2.75, 3.05) is 19.8 Å². The van der Waals surface area contributed by atoms with Crippen LogP contribution in [0.3, 0.4) is 0 Å². The van der Waals surface area contributed by atoms with Crippen molar-refractivity contribution in [2.45, 2.75) is 65.4 Å². The molecule has 0 saturated carbocycles. The van der Waals surface area contributed by atoms with E-state index in [9.17, 15) is 14.9 Å². The van der Waals surface area contributed by atoms with Crippen molar-refractivity contribution >= 4 is 29.3 Å². The van der Waals surface area contributed by atoms with Gasteiger partial charge in [0.05, 0.1) is 18.3 Å². The van der Waals surface area contributed by atoms with Gasteiger partial charge in [-0.1, -0.05) is 0 Å². The van der Waals surface area contributed by atoms with Crippen molar-refractivity contribution in [3.05, 3.63) is 44.6 Å². The summed E-state index contributed by atoms with van der Waals surface area (Å²) < 4.78 is 13.0. The Morgan fingerprint density at radius 2 is 2.12 bits per heavy atom. The van der Waals surface area contributed by atoms with Gasteiger partial charge in [-0.05, 0) is 82.6 Å². The second-order valence-corrected chi connectivity index (χ2v) is 9.87. The van der Waals surface area contributed by atoms with Gasteiger partial charge >= 0.3 is 5.97 Å². The second-order valence-electron chi connectivity index (χ2n) is 8.79. The van der Waals surface area contributed by atoms with E-state index in [0.717, 1.165) is 66.0 Å². The fraction of sp³-hybridized carbons (Fsp3) is 0.500. The summed E-state index contributed by atoms with van der Waals surface area (Å²) in [7, 11) is 0. The largest absolute Gasteiger partial charge is 0.462 e. The molecule has 1 aliphatic carbocycles. The SMILES string of the molecule is CCOC(=O)c1c(-n2c(C)cc(C=C(C#N)C(=O)NCC3CCCO3)c2C)sc2c1CCCC2. The first kappa shape index (κ1) is 24.2. The van der Waals surface area contributed by atoms with Crippen LogP contribution in [0.25, 0.3) is 11.1 Å². The van der Waals surface area contributed by atoms with E-state index in [4.69, 9.17) is 9.47 Å². The molecule has 1 amide bonds. The number of hydrogen-bond donors (Lipinski definition) is 1. The molecule has 2 aromatic heterocycles. The Labute approximate surface area is 204 Å². The van der Waals surface area contributed by atoms with Crippen molar-refractivity contribution < 1.29 is 19.1 Å². The average molecular weight is 482 g/mol. The van der Waals surface area contributed by atoms with Crippen LogP contribution in [0.5, 0.6) is 0 Å². The lowest BCUT2D eigenvalue weighted by Gasteiger charge is -2.13. The van der Waals surface area contributed by atoms with Gasteiger partial charge in [0.2, 0.25) is 0 Å². The third-order valence-electron chi connectivity index (χ3n) is 6.48. The maximum atomic E-state index is 12.9. The highest BCUT2D eigenvalue weighted by Gasteiger charge is 2.29. The Morgan fingerprint density at radius 1 is 1.32 bits per heavy atom. The molecule has 1 unspecified atom stereocenters. The van der Waals surface area contributed by atoms with Crippen LogP contribution in [0.1, 0.15) is 70.4 Å². The third kappa shape index (κ3) is 4.82. The topological polar surface area (TPSA) is 93.4 Å². The standard InChI is InChI=1S/C26H31N3O4S/c1-4-32-26(31)23-21-9-5-6-10-22(21)34-25(23)29-16(2)12-18(17(29)3)13-19(14-27)24(30)28-15-20-8-7-11-33-20/h12-13,20H,4-11,15H2,1-3H3,(H,28,30). The number of nitrogens with zero attached hydrogens (tertiary/aromatic N) is 2. The number of rotatable bonds is 7. The van der Waals surface area contributed by atoms with Gasteiger partial charge in [0.25, 0.3) is 5.91 Å². The normalized spacial score (nSPS) is 17.8.